The van der Waals surface area contributed by atoms with Gasteiger partial charge in [-0.3, -0.25) is 28.8 Å². The molecule has 1 aliphatic rings. The van der Waals surface area contributed by atoms with E-state index >= 15 is 0 Å². The number of ether oxygens (including phenoxy) is 5. The summed E-state index contributed by atoms with van der Waals surface area (Å²) in [7, 11) is 0. The Balaban J connectivity index is 3.93. The lowest BCUT2D eigenvalue weighted by Crippen LogP contribution is -2.68. The molecule has 1 aliphatic heterocycles. The predicted molar refractivity (Wildman–Crippen MR) is 156 cm³/mol. The molecule has 0 aliphatic carbocycles. The standard InChI is InChI=1S/C28H44Cl3NO10/c1-24(2,3)20(34)38-13-14-15(40-21(35)25(4,5)6)16(41-22(36)26(7,8)9)17(42-23(37)27(10,11)12)18(39-14)28(29,30)19(33)32-31/h14-18H,13H2,1-12H3,(H,32,33)/t14-,15-,16+,17-,18+/m1/s1. The molecule has 42 heavy (non-hydrogen) atoms. The summed E-state index contributed by atoms with van der Waals surface area (Å²) in [6.07, 6.45) is -7.97. The molecule has 1 amide bonds. The van der Waals surface area contributed by atoms with Crippen LogP contribution in [-0.4, -0.2) is 71.2 Å². The zero-order chi connectivity index (χ0) is 33.2. The normalized spacial score (nSPS) is 23.8. The molecule has 1 N–H and O–H groups in total. The zero-order valence-corrected chi connectivity index (χ0v) is 28.6. The Morgan fingerprint density at radius 1 is 0.619 bits per heavy atom. The predicted octanol–water partition coefficient (Wildman–Crippen LogP) is 4.66. The van der Waals surface area contributed by atoms with Gasteiger partial charge in [-0.15, -0.1) is 0 Å². The lowest BCUT2D eigenvalue weighted by molar-refractivity contribution is -0.261. The van der Waals surface area contributed by atoms with Crippen molar-refractivity contribution in [3.63, 3.8) is 0 Å². The van der Waals surface area contributed by atoms with Crippen molar-refractivity contribution in [2.75, 3.05) is 6.61 Å². The fourth-order valence-corrected chi connectivity index (χ4v) is 3.90. The molecule has 5 atom stereocenters. The van der Waals surface area contributed by atoms with Gasteiger partial charge in [0.2, 0.25) is 4.33 Å². The molecule has 0 aromatic heterocycles. The lowest BCUT2D eigenvalue weighted by Gasteiger charge is -2.48. The number of esters is 4. The maximum Gasteiger partial charge on any atom is 0.311 e. The Hall–Kier alpha value is -1.82. The molecule has 242 valence electrons. The van der Waals surface area contributed by atoms with E-state index in [9.17, 15) is 24.0 Å². The second kappa shape index (κ2) is 13.4. The monoisotopic (exact) mass is 659 g/mol. The molecular weight excluding hydrogens is 617 g/mol. The number of amides is 1. The minimum atomic E-state index is -2.54. The number of rotatable bonds is 7. The summed E-state index contributed by atoms with van der Waals surface area (Å²) in [5.41, 5.74) is -4.13. The quantitative estimate of drug-likeness (QED) is 0.177. The average molecular weight is 661 g/mol. The van der Waals surface area contributed by atoms with Crippen LogP contribution in [0.5, 0.6) is 0 Å². The van der Waals surface area contributed by atoms with Crippen molar-refractivity contribution in [1.29, 1.82) is 0 Å². The van der Waals surface area contributed by atoms with Crippen LogP contribution in [0.25, 0.3) is 0 Å². The maximum atomic E-state index is 13.2. The van der Waals surface area contributed by atoms with E-state index in [2.05, 4.69) is 0 Å². The lowest BCUT2D eigenvalue weighted by atomic mass is 9.89. The summed E-state index contributed by atoms with van der Waals surface area (Å²) in [6, 6.07) is 0. The summed E-state index contributed by atoms with van der Waals surface area (Å²) in [6.45, 7) is 18.6. The Kier molecular flexibility index (Phi) is 12.2. The molecule has 14 heteroatoms. The first-order valence-corrected chi connectivity index (χ1v) is 14.5. The van der Waals surface area contributed by atoms with Crippen LogP contribution in [-0.2, 0) is 47.7 Å². The SMILES string of the molecule is CC(C)(C)C(=O)OC[C@H]1O[C@H](C(Cl)(Cl)C(=O)NCl)[C@H](OC(=O)C(C)(C)C)[C@@H](OC(=O)C(C)(C)C)[C@@H]1OC(=O)C(C)(C)C. The fraction of sp³-hybridized carbons (Fsp3) is 0.821. The van der Waals surface area contributed by atoms with E-state index in [1.54, 1.807) is 87.9 Å². The third-order valence-corrected chi connectivity index (χ3v) is 6.88. The van der Waals surface area contributed by atoms with Crippen molar-refractivity contribution >= 4 is 64.8 Å². The zero-order valence-electron chi connectivity index (χ0n) is 26.3. The van der Waals surface area contributed by atoms with E-state index in [-0.39, 0.29) is 0 Å². The molecule has 0 aromatic rings. The second-order valence-corrected chi connectivity index (χ2v) is 15.9. The van der Waals surface area contributed by atoms with E-state index in [1.165, 1.54) is 0 Å². The molecule has 11 nitrogen and oxygen atoms in total. The maximum absolute atomic E-state index is 13.2. The fourth-order valence-electron chi connectivity index (χ4n) is 3.21. The smallest absolute Gasteiger partial charge is 0.311 e. The van der Waals surface area contributed by atoms with Gasteiger partial charge >= 0.3 is 23.9 Å². The molecule has 1 heterocycles. The van der Waals surface area contributed by atoms with Crippen molar-refractivity contribution in [2.45, 2.75) is 118 Å². The third-order valence-electron chi connectivity index (χ3n) is 5.94. The Bertz CT molecular complexity index is 1030. The summed E-state index contributed by atoms with van der Waals surface area (Å²) in [5, 5.41) is 0. The summed E-state index contributed by atoms with van der Waals surface area (Å²) >= 11 is 18.5. The van der Waals surface area contributed by atoms with Gasteiger partial charge in [0.1, 0.15) is 18.8 Å². The van der Waals surface area contributed by atoms with Crippen molar-refractivity contribution in [3.8, 4) is 0 Å². The van der Waals surface area contributed by atoms with Crippen molar-refractivity contribution in [3.05, 3.63) is 0 Å². The van der Waals surface area contributed by atoms with Crippen LogP contribution in [0.3, 0.4) is 0 Å². The van der Waals surface area contributed by atoms with Crippen LogP contribution >= 0.6 is 35.0 Å². The van der Waals surface area contributed by atoms with Crippen molar-refractivity contribution in [2.24, 2.45) is 21.7 Å². The van der Waals surface area contributed by atoms with E-state index in [1.807, 2.05) is 0 Å². The number of hydrogen-bond donors (Lipinski definition) is 1. The number of hydrogen-bond acceptors (Lipinski definition) is 10. The summed E-state index contributed by atoms with van der Waals surface area (Å²) in [4.78, 5) is 66.8. The van der Waals surface area contributed by atoms with Gasteiger partial charge in [-0.2, -0.15) is 0 Å². The summed E-state index contributed by atoms with van der Waals surface area (Å²) < 4.78 is 26.5. The van der Waals surface area contributed by atoms with Gasteiger partial charge in [0, 0.05) is 11.8 Å². The molecule has 1 fully saturated rings. The van der Waals surface area contributed by atoms with Gasteiger partial charge in [0.15, 0.2) is 18.3 Å². The molecule has 0 radical (unpaired) electrons. The number of nitrogens with one attached hydrogen (secondary N) is 1. The molecule has 1 rings (SSSR count). The Morgan fingerprint density at radius 2 is 0.976 bits per heavy atom. The van der Waals surface area contributed by atoms with Gasteiger partial charge in [-0.1, -0.05) is 23.2 Å². The highest BCUT2D eigenvalue weighted by molar-refractivity contribution is 6.59. The summed E-state index contributed by atoms with van der Waals surface area (Å²) in [5.74, 6) is -4.09. The van der Waals surface area contributed by atoms with Gasteiger partial charge < -0.3 is 23.7 Å². The molecule has 1 saturated heterocycles. The number of carbonyl (C=O) groups excluding carboxylic acids is 5. The van der Waals surface area contributed by atoms with Gasteiger partial charge in [0.25, 0.3) is 5.91 Å². The second-order valence-electron chi connectivity index (χ2n) is 14.3. The van der Waals surface area contributed by atoms with Crippen LogP contribution in [0.15, 0.2) is 0 Å². The molecule has 0 unspecified atom stereocenters. The Morgan fingerprint density at radius 3 is 1.33 bits per heavy atom. The van der Waals surface area contributed by atoms with Gasteiger partial charge in [-0.05, 0) is 83.1 Å². The average Bonchev–Trinajstić information content (AvgIpc) is 2.81. The molecular formula is C28H44Cl3NO10. The van der Waals surface area contributed by atoms with E-state index in [0.29, 0.717) is 0 Å². The highest BCUT2D eigenvalue weighted by Crippen LogP contribution is 2.41. The van der Waals surface area contributed by atoms with Crippen LogP contribution < -0.4 is 4.84 Å². The van der Waals surface area contributed by atoms with Crippen LogP contribution in [0.2, 0.25) is 0 Å². The molecule has 0 spiro atoms. The largest absolute Gasteiger partial charge is 0.462 e. The van der Waals surface area contributed by atoms with Gasteiger partial charge in [0.05, 0.1) is 21.7 Å². The number of carbonyl (C=O) groups is 5. The van der Waals surface area contributed by atoms with Crippen molar-refractivity contribution in [1.82, 2.24) is 4.84 Å². The van der Waals surface area contributed by atoms with E-state index < -0.39 is 92.9 Å². The van der Waals surface area contributed by atoms with Crippen LogP contribution in [0.4, 0.5) is 0 Å². The highest BCUT2D eigenvalue weighted by Gasteiger charge is 2.61. The molecule has 0 bridgehead atoms. The van der Waals surface area contributed by atoms with Gasteiger partial charge in [-0.25, -0.2) is 0 Å². The Labute approximate surface area is 263 Å². The first-order chi connectivity index (χ1) is 18.6. The molecule has 0 saturated carbocycles. The number of alkyl halides is 2. The minimum absolute atomic E-state index is 0.537. The third kappa shape index (κ3) is 9.86. The highest BCUT2D eigenvalue weighted by atomic mass is 35.5. The minimum Gasteiger partial charge on any atom is -0.462 e. The topological polar surface area (TPSA) is 144 Å². The number of halogens is 3. The van der Waals surface area contributed by atoms with Crippen LogP contribution in [0.1, 0.15) is 83.1 Å². The van der Waals surface area contributed by atoms with E-state index in [0.717, 1.165) is 0 Å². The first-order valence-electron chi connectivity index (χ1n) is 13.4. The first kappa shape index (κ1) is 38.2. The molecule has 0 aromatic carbocycles. The van der Waals surface area contributed by atoms with E-state index in [4.69, 9.17) is 58.7 Å². The van der Waals surface area contributed by atoms with Crippen molar-refractivity contribution < 1.29 is 47.7 Å². The van der Waals surface area contributed by atoms with Crippen LogP contribution in [0, 0.1) is 21.7 Å².